The van der Waals surface area contributed by atoms with Crippen molar-refractivity contribution in [2.24, 2.45) is 0 Å². The standard InChI is InChI=1S/C14H9Cl2N3O2/c1-8-2-4-11(15)14(13(8)16)18-12-5-3-10(19(20)21)6-9(12)7-17/h2-6,18H,1H3. The molecule has 0 aliphatic rings. The summed E-state index contributed by atoms with van der Waals surface area (Å²) in [4.78, 5) is 10.2. The molecule has 21 heavy (non-hydrogen) atoms. The molecule has 0 bridgehead atoms. The summed E-state index contributed by atoms with van der Waals surface area (Å²) in [6.07, 6.45) is 0. The Morgan fingerprint density at radius 2 is 2.00 bits per heavy atom. The number of hydrogen-bond donors (Lipinski definition) is 1. The van der Waals surface area contributed by atoms with Crippen LogP contribution in [0.2, 0.25) is 10.0 Å². The fraction of sp³-hybridized carbons (Fsp3) is 0.0714. The zero-order valence-corrected chi connectivity index (χ0v) is 12.4. The number of aryl methyl sites for hydroxylation is 1. The second-order valence-electron chi connectivity index (χ2n) is 4.28. The number of benzene rings is 2. The van der Waals surface area contributed by atoms with E-state index in [9.17, 15) is 10.1 Å². The Balaban J connectivity index is 2.48. The summed E-state index contributed by atoms with van der Waals surface area (Å²) in [6, 6.07) is 9.32. The van der Waals surface area contributed by atoms with Gasteiger partial charge < -0.3 is 5.32 Å². The molecule has 0 fully saturated rings. The van der Waals surface area contributed by atoms with Gasteiger partial charge in [0, 0.05) is 12.1 Å². The highest BCUT2D eigenvalue weighted by Crippen LogP contribution is 2.36. The van der Waals surface area contributed by atoms with Gasteiger partial charge in [-0.15, -0.1) is 0 Å². The third-order valence-corrected chi connectivity index (χ3v) is 3.68. The summed E-state index contributed by atoms with van der Waals surface area (Å²) in [6.45, 7) is 1.82. The Morgan fingerprint density at radius 3 is 2.62 bits per heavy atom. The van der Waals surface area contributed by atoms with Crippen molar-refractivity contribution < 1.29 is 4.92 Å². The van der Waals surface area contributed by atoms with E-state index in [4.69, 9.17) is 28.5 Å². The highest BCUT2D eigenvalue weighted by Gasteiger charge is 2.14. The summed E-state index contributed by atoms with van der Waals surface area (Å²) in [5.74, 6) is 0. The summed E-state index contributed by atoms with van der Waals surface area (Å²) < 4.78 is 0. The zero-order valence-electron chi connectivity index (χ0n) is 10.9. The highest BCUT2D eigenvalue weighted by atomic mass is 35.5. The predicted molar refractivity (Wildman–Crippen MR) is 82.3 cm³/mol. The molecule has 0 spiro atoms. The van der Waals surface area contributed by atoms with Crippen molar-refractivity contribution in [3.05, 3.63) is 61.6 Å². The lowest BCUT2D eigenvalue weighted by molar-refractivity contribution is -0.384. The fourth-order valence-corrected chi connectivity index (χ4v) is 2.22. The number of hydrogen-bond acceptors (Lipinski definition) is 4. The van der Waals surface area contributed by atoms with Gasteiger partial charge in [-0.1, -0.05) is 29.3 Å². The van der Waals surface area contributed by atoms with Gasteiger partial charge in [0.05, 0.1) is 31.9 Å². The predicted octanol–water partition coefficient (Wildman–Crippen LogP) is 4.83. The van der Waals surface area contributed by atoms with Crippen molar-refractivity contribution in [1.29, 1.82) is 5.26 Å². The van der Waals surface area contributed by atoms with E-state index in [1.54, 1.807) is 12.1 Å². The quantitative estimate of drug-likeness (QED) is 0.648. The first-order valence-corrected chi connectivity index (χ1v) is 6.59. The Kier molecular flexibility index (Phi) is 4.32. The van der Waals surface area contributed by atoms with Crippen molar-refractivity contribution in [3.63, 3.8) is 0 Å². The lowest BCUT2D eigenvalue weighted by Crippen LogP contribution is -1.98. The minimum absolute atomic E-state index is 0.137. The summed E-state index contributed by atoms with van der Waals surface area (Å²) in [7, 11) is 0. The van der Waals surface area contributed by atoms with E-state index in [2.05, 4.69) is 5.32 Å². The van der Waals surface area contributed by atoms with Gasteiger partial charge in [-0.2, -0.15) is 5.26 Å². The molecule has 5 nitrogen and oxygen atoms in total. The van der Waals surface area contributed by atoms with Crippen LogP contribution in [0.4, 0.5) is 17.1 Å². The number of nitrogens with zero attached hydrogens (tertiary/aromatic N) is 2. The molecule has 0 aliphatic carbocycles. The largest absolute Gasteiger partial charge is 0.352 e. The van der Waals surface area contributed by atoms with Gasteiger partial charge in [0.25, 0.3) is 5.69 Å². The molecule has 0 saturated carbocycles. The first kappa shape index (κ1) is 15.1. The van der Waals surface area contributed by atoms with Crippen LogP contribution in [0.3, 0.4) is 0 Å². The lowest BCUT2D eigenvalue weighted by Gasteiger charge is -2.13. The Bertz CT molecular complexity index is 770. The number of anilines is 2. The Hall–Kier alpha value is -2.29. The van der Waals surface area contributed by atoms with Crippen molar-refractivity contribution in [3.8, 4) is 6.07 Å². The molecule has 106 valence electrons. The molecular weight excluding hydrogens is 313 g/mol. The fourth-order valence-electron chi connectivity index (χ4n) is 1.75. The number of halogens is 2. The highest BCUT2D eigenvalue weighted by molar-refractivity contribution is 6.39. The Labute approximate surface area is 130 Å². The molecule has 0 aliphatic heterocycles. The molecule has 0 aromatic heterocycles. The average molecular weight is 322 g/mol. The van der Waals surface area contributed by atoms with Crippen molar-refractivity contribution in [1.82, 2.24) is 0 Å². The molecule has 0 atom stereocenters. The molecule has 7 heteroatoms. The van der Waals surface area contributed by atoms with Crippen LogP contribution >= 0.6 is 23.2 Å². The molecule has 2 aromatic carbocycles. The van der Waals surface area contributed by atoms with Gasteiger partial charge in [0.1, 0.15) is 6.07 Å². The summed E-state index contributed by atoms with van der Waals surface area (Å²) >= 11 is 12.3. The van der Waals surface area contributed by atoms with Crippen molar-refractivity contribution in [2.45, 2.75) is 6.92 Å². The zero-order chi connectivity index (χ0) is 15.6. The summed E-state index contributed by atoms with van der Waals surface area (Å²) in [5.41, 5.74) is 1.67. The van der Waals surface area contributed by atoms with Gasteiger partial charge in [0.2, 0.25) is 0 Å². The molecule has 2 rings (SSSR count). The van der Waals surface area contributed by atoms with E-state index in [1.165, 1.54) is 18.2 Å². The van der Waals surface area contributed by atoms with E-state index in [1.807, 2.05) is 13.0 Å². The third kappa shape index (κ3) is 3.07. The summed E-state index contributed by atoms with van der Waals surface area (Å²) in [5, 5.41) is 23.6. The minimum Gasteiger partial charge on any atom is -0.352 e. The van der Waals surface area contributed by atoms with Crippen LogP contribution in [0, 0.1) is 28.4 Å². The molecule has 2 aromatic rings. The van der Waals surface area contributed by atoms with Crippen LogP contribution < -0.4 is 5.32 Å². The number of nitriles is 1. The van der Waals surface area contributed by atoms with Crippen molar-refractivity contribution in [2.75, 3.05) is 5.32 Å². The number of non-ortho nitro benzene ring substituents is 1. The van der Waals surface area contributed by atoms with E-state index in [0.717, 1.165) is 5.56 Å². The smallest absolute Gasteiger partial charge is 0.270 e. The molecular formula is C14H9Cl2N3O2. The van der Waals surface area contributed by atoms with Gasteiger partial charge in [-0.05, 0) is 24.6 Å². The SMILES string of the molecule is Cc1ccc(Cl)c(Nc2ccc([N+](=O)[O-])cc2C#N)c1Cl. The van der Waals surface area contributed by atoms with Gasteiger partial charge in [-0.3, -0.25) is 10.1 Å². The monoisotopic (exact) mass is 321 g/mol. The van der Waals surface area contributed by atoms with Gasteiger partial charge >= 0.3 is 0 Å². The normalized spacial score (nSPS) is 10.0. The number of nitrogens with one attached hydrogen (secondary N) is 1. The van der Waals surface area contributed by atoms with Crippen LogP contribution in [0.15, 0.2) is 30.3 Å². The maximum atomic E-state index is 10.7. The van der Waals surface area contributed by atoms with Crippen LogP contribution in [0.5, 0.6) is 0 Å². The topological polar surface area (TPSA) is 79.0 Å². The second kappa shape index (κ2) is 6.00. The number of nitro benzene ring substituents is 1. The van der Waals surface area contributed by atoms with E-state index >= 15 is 0 Å². The van der Waals surface area contributed by atoms with Gasteiger partial charge in [-0.25, -0.2) is 0 Å². The maximum absolute atomic E-state index is 10.7. The molecule has 0 radical (unpaired) electrons. The van der Waals surface area contributed by atoms with Gasteiger partial charge in [0.15, 0.2) is 0 Å². The number of nitro groups is 1. The molecule has 1 N–H and O–H groups in total. The van der Waals surface area contributed by atoms with E-state index < -0.39 is 4.92 Å². The first-order valence-electron chi connectivity index (χ1n) is 5.84. The van der Waals surface area contributed by atoms with E-state index in [0.29, 0.717) is 21.4 Å². The average Bonchev–Trinajstić information content (AvgIpc) is 2.47. The van der Waals surface area contributed by atoms with Crippen LogP contribution in [0.1, 0.15) is 11.1 Å². The molecule has 0 unspecified atom stereocenters. The van der Waals surface area contributed by atoms with E-state index in [-0.39, 0.29) is 11.3 Å². The second-order valence-corrected chi connectivity index (χ2v) is 5.06. The Morgan fingerprint density at radius 1 is 1.29 bits per heavy atom. The number of rotatable bonds is 3. The third-order valence-electron chi connectivity index (χ3n) is 2.88. The van der Waals surface area contributed by atoms with Crippen LogP contribution in [-0.2, 0) is 0 Å². The lowest BCUT2D eigenvalue weighted by atomic mass is 10.1. The first-order chi connectivity index (χ1) is 9.93. The molecule has 0 amide bonds. The molecule has 0 heterocycles. The van der Waals surface area contributed by atoms with Crippen LogP contribution in [0.25, 0.3) is 0 Å². The minimum atomic E-state index is -0.558. The molecule has 0 saturated heterocycles. The van der Waals surface area contributed by atoms with Crippen LogP contribution in [-0.4, -0.2) is 4.92 Å². The van der Waals surface area contributed by atoms with Crippen molar-refractivity contribution >= 4 is 40.3 Å². The maximum Gasteiger partial charge on any atom is 0.270 e.